The summed E-state index contributed by atoms with van der Waals surface area (Å²) in [6.45, 7) is 4.66. The molecule has 1 aromatic heterocycles. The van der Waals surface area contributed by atoms with Gasteiger partial charge in [0.2, 0.25) is 0 Å². The maximum atomic E-state index is 11.8. The van der Waals surface area contributed by atoms with E-state index in [0.717, 1.165) is 37.6 Å². The number of rotatable bonds is 9. The van der Waals surface area contributed by atoms with Crippen LogP contribution >= 0.6 is 23.2 Å². The molecule has 232 valence electrons. The van der Waals surface area contributed by atoms with E-state index in [-0.39, 0.29) is 24.7 Å². The highest BCUT2D eigenvalue weighted by Gasteiger charge is 2.34. The van der Waals surface area contributed by atoms with Gasteiger partial charge >= 0.3 is 0 Å². The molecule has 0 saturated carbocycles. The molecule has 2 fully saturated rings. The number of aromatic nitrogens is 3. The van der Waals surface area contributed by atoms with E-state index in [0.29, 0.717) is 34.4 Å². The van der Waals surface area contributed by atoms with Gasteiger partial charge in [-0.15, -0.1) is 0 Å². The lowest BCUT2D eigenvalue weighted by molar-refractivity contribution is -0.0269. The molecule has 13 heteroatoms. The molecule has 1 N–H and O–H groups in total. The summed E-state index contributed by atoms with van der Waals surface area (Å²) in [5, 5.41) is 16.6. The Morgan fingerprint density at radius 3 is 1.86 bits per heavy atom. The van der Waals surface area contributed by atoms with E-state index in [2.05, 4.69) is 49.0 Å². The van der Waals surface area contributed by atoms with Crippen LogP contribution in [0.2, 0.25) is 10.0 Å². The van der Waals surface area contributed by atoms with Crippen molar-refractivity contribution < 1.29 is 18.3 Å². The highest BCUT2D eigenvalue weighted by atomic mass is 35.5. The van der Waals surface area contributed by atoms with Crippen LogP contribution < -0.4 is 19.4 Å². The standard InChI is InChI=1S/C31H34Cl2N6O4S/c32-24-1-10-29(30(33)19-24)31(40,20-39-23-34-22-35-39)21-43-28-8-6-27(7-9-28)37-13-11-36(12-14-37)25-2-4-26(5-3-25)38-15-17-44(41,42)18-16-38/h1-10,19,22-23,40H,11-18,20-21H2. The smallest absolute Gasteiger partial charge is 0.153 e. The Morgan fingerprint density at radius 2 is 1.34 bits per heavy atom. The van der Waals surface area contributed by atoms with Crippen LogP contribution in [-0.4, -0.2) is 85.7 Å². The lowest BCUT2D eigenvalue weighted by Gasteiger charge is -2.37. The summed E-state index contributed by atoms with van der Waals surface area (Å²) >= 11 is 12.6. The summed E-state index contributed by atoms with van der Waals surface area (Å²) in [5.41, 5.74) is 2.35. The van der Waals surface area contributed by atoms with Gasteiger partial charge in [-0.05, 0) is 60.7 Å². The summed E-state index contributed by atoms with van der Waals surface area (Å²) in [4.78, 5) is 10.8. The van der Waals surface area contributed by atoms with E-state index in [1.807, 2.05) is 24.3 Å². The van der Waals surface area contributed by atoms with Gasteiger partial charge in [-0.25, -0.2) is 18.1 Å². The number of anilines is 3. The Bertz CT molecular complexity index is 1650. The topological polar surface area (TPSA) is 104 Å². The highest BCUT2D eigenvalue weighted by molar-refractivity contribution is 7.91. The normalized spacial score (nSPS) is 18.2. The summed E-state index contributed by atoms with van der Waals surface area (Å²) in [7, 11) is -2.90. The van der Waals surface area contributed by atoms with Crippen LogP contribution in [0.25, 0.3) is 0 Å². The fraction of sp³-hybridized carbons (Fsp3) is 0.355. The molecule has 0 spiro atoms. The van der Waals surface area contributed by atoms with Crippen molar-refractivity contribution in [2.24, 2.45) is 0 Å². The molecule has 1 unspecified atom stereocenters. The van der Waals surface area contributed by atoms with Gasteiger partial charge < -0.3 is 24.5 Å². The molecule has 6 rings (SSSR count). The minimum absolute atomic E-state index is 0.0537. The summed E-state index contributed by atoms with van der Waals surface area (Å²) in [6, 6.07) is 21.3. The third kappa shape index (κ3) is 7.07. The van der Waals surface area contributed by atoms with Gasteiger partial charge in [0.25, 0.3) is 0 Å². The Labute approximate surface area is 267 Å². The van der Waals surface area contributed by atoms with Crippen molar-refractivity contribution in [2.45, 2.75) is 12.1 Å². The van der Waals surface area contributed by atoms with Gasteiger partial charge in [0.05, 0.1) is 18.1 Å². The van der Waals surface area contributed by atoms with E-state index in [1.165, 1.54) is 23.0 Å². The second kappa shape index (κ2) is 12.8. The molecular formula is C31H34Cl2N6O4S. The molecule has 10 nitrogen and oxygen atoms in total. The fourth-order valence-corrected chi connectivity index (χ4v) is 7.47. The third-order valence-corrected chi connectivity index (χ3v) is 10.4. The average molecular weight is 658 g/mol. The SMILES string of the molecule is O=S1(=O)CCN(c2ccc(N3CCN(c4ccc(OCC(O)(Cn5cncn5)c5ccc(Cl)cc5Cl)cc4)CC3)cc2)CC1. The molecule has 0 aliphatic carbocycles. The zero-order valence-corrected chi connectivity index (χ0v) is 26.4. The van der Waals surface area contributed by atoms with Gasteiger partial charge in [-0.3, -0.25) is 0 Å². The molecule has 44 heavy (non-hydrogen) atoms. The lowest BCUT2D eigenvalue weighted by Crippen LogP contribution is -2.46. The van der Waals surface area contributed by atoms with E-state index in [9.17, 15) is 13.5 Å². The van der Waals surface area contributed by atoms with E-state index in [4.69, 9.17) is 27.9 Å². The number of piperazine rings is 1. The molecule has 2 saturated heterocycles. The first-order valence-corrected chi connectivity index (χ1v) is 17.0. The van der Waals surface area contributed by atoms with Crippen LogP contribution in [0.1, 0.15) is 5.56 Å². The van der Waals surface area contributed by atoms with Crippen molar-refractivity contribution in [1.29, 1.82) is 0 Å². The van der Waals surface area contributed by atoms with Crippen molar-refractivity contribution in [1.82, 2.24) is 14.8 Å². The molecule has 2 aliphatic rings. The first-order valence-electron chi connectivity index (χ1n) is 14.5. The first-order chi connectivity index (χ1) is 21.2. The first kappa shape index (κ1) is 30.5. The molecule has 2 aliphatic heterocycles. The predicted octanol–water partition coefficient (Wildman–Crippen LogP) is 4.11. The number of hydrogen-bond donors (Lipinski definition) is 1. The molecule has 0 radical (unpaired) electrons. The molecule has 0 bridgehead atoms. The van der Waals surface area contributed by atoms with Crippen LogP contribution in [0.4, 0.5) is 17.1 Å². The van der Waals surface area contributed by atoms with Crippen LogP contribution in [0.15, 0.2) is 79.4 Å². The largest absolute Gasteiger partial charge is 0.490 e. The van der Waals surface area contributed by atoms with Crippen molar-refractivity contribution in [3.05, 3.63) is 95.0 Å². The maximum absolute atomic E-state index is 11.8. The lowest BCUT2D eigenvalue weighted by atomic mass is 9.94. The second-order valence-electron chi connectivity index (χ2n) is 11.2. The predicted molar refractivity (Wildman–Crippen MR) is 174 cm³/mol. The highest BCUT2D eigenvalue weighted by Crippen LogP contribution is 2.33. The van der Waals surface area contributed by atoms with Crippen LogP contribution in [0.5, 0.6) is 5.75 Å². The minimum Gasteiger partial charge on any atom is -0.490 e. The van der Waals surface area contributed by atoms with Gasteiger partial charge in [0.1, 0.15) is 30.6 Å². The molecule has 3 heterocycles. The fourth-order valence-electron chi connectivity index (χ4n) is 5.68. The number of halogens is 2. The zero-order chi connectivity index (χ0) is 30.7. The molecule has 4 aromatic rings. The quantitative estimate of drug-likeness (QED) is 0.285. The second-order valence-corrected chi connectivity index (χ2v) is 14.3. The van der Waals surface area contributed by atoms with Crippen molar-refractivity contribution in [3.63, 3.8) is 0 Å². The number of ether oxygens (including phenoxy) is 1. The average Bonchev–Trinajstić information content (AvgIpc) is 3.53. The van der Waals surface area contributed by atoms with Gasteiger partial charge in [0.15, 0.2) is 9.84 Å². The molecule has 3 aromatic carbocycles. The summed E-state index contributed by atoms with van der Waals surface area (Å²) in [6.07, 6.45) is 2.94. The van der Waals surface area contributed by atoms with Gasteiger partial charge in [-0.1, -0.05) is 29.3 Å². The number of sulfone groups is 1. The van der Waals surface area contributed by atoms with E-state index < -0.39 is 15.4 Å². The Kier molecular flexibility index (Phi) is 8.91. The van der Waals surface area contributed by atoms with E-state index in [1.54, 1.807) is 18.2 Å². The molecule has 0 amide bonds. The number of nitrogens with zero attached hydrogens (tertiary/aromatic N) is 6. The van der Waals surface area contributed by atoms with E-state index >= 15 is 0 Å². The molecule has 1 atom stereocenters. The monoisotopic (exact) mass is 656 g/mol. The Hall–Kier alpha value is -3.51. The third-order valence-electron chi connectivity index (χ3n) is 8.21. The van der Waals surface area contributed by atoms with Gasteiger partial charge in [0, 0.05) is 71.9 Å². The van der Waals surface area contributed by atoms with Crippen LogP contribution in [-0.2, 0) is 22.0 Å². The summed E-state index contributed by atoms with van der Waals surface area (Å²) in [5.74, 6) is 1.06. The van der Waals surface area contributed by atoms with Gasteiger partial charge in [-0.2, -0.15) is 5.10 Å². The minimum atomic E-state index is -2.90. The van der Waals surface area contributed by atoms with Crippen molar-refractivity contribution in [3.8, 4) is 5.75 Å². The summed E-state index contributed by atoms with van der Waals surface area (Å²) < 4.78 is 31.1. The maximum Gasteiger partial charge on any atom is 0.153 e. The van der Waals surface area contributed by atoms with Crippen molar-refractivity contribution in [2.75, 3.05) is 72.1 Å². The van der Waals surface area contributed by atoms with Crippen molar-refractivity contribution >= 4 is 50.1 Å². The zero-order valence-electron chi connectivity index (χ0n) is 24.1. The number of hydrogen-bond acceptors (Lipinski definition) is 9. The number of benzene rings is 3. The van der Waals surface area contributed by atoms with Crippen LogP contribution in [0.3, 0.4) is 0 Å². The Balaban J connectivity index is 1.04. The number of aliphatic hydroxyl groups is 1. The molecular weight excluding hydrogens is 623 g/mol. The van der Waals surface area contributed by atoms with Crippen LogP contribution in [0, 0.1) is 0 Å². The Morgan fingerprint density at radius 1 is 0.795 bits per heavy atom.